The van der Waals surface area contributed by atoms with E-state index in [0.29, 0.717) is 16.8 Å². The van der Waals surface area contributed by atoms with Gasteiger partial charge in [0.05, 0.1) is 56.7 Å². The van der Waals surface area contributed by atoms with Gasteiger partial charge in [0.2, 0.25) is 46.9 Å². The number of nitrogens with two attached hydrogens (primary N) is 2. The summed E-state index contributed by atoms with van der Waals surface area (Å²) in [5.41, 5.74) is 11.3. The van der Waals surface area contributed by atoms with Crippen LogP contribution in [0.15, 0.2) is 71.8 Å². The molecule has 446 valence electrons. The number of hydrogen-bond acceptors (Lipinski definition) is 16. The van der Waals surface area contributed by atoms with Crippen LogP contribution in [0.5, 0.6) is 5.75 Å². The van der Waals surface area contributed by atoms with Crippen molar-refractivity contribution in [1.29, 1.82) is 5.41 Å². The zero-order valence-corrected chi connectivity index (χ0v) is 45.0. The predicted molar refractivity (Wildman–Crippen MR) is 282 cm³/mol. The second-order valence-electron chi connectivity index (χ2n) is 18.3. The second-order valence-corrected chi connectivity index (χ2v) is 18.3. The molecule has 5 atom stereocenters. The van der Waals surface area contributed by atoms with E-state index in [2.05, 4.69) is 36.4 Å². The number of alkyl carbamates (subject to hydrolysis) is 1. The molecule has 1 unspecified atom stereocenters. The van der Waals surface area contributed by atoms with Gasteiger partial charge in [-0.15, -0.1) is 0 Å². The second kappa shape index (κ2) is 30.5. The van der Waals surface area contributed by atoms with Crippen molar-refractivity contribution in [2.75, 3.05) is 63.4 Å². The number of ether oxygens (including phenoxy) is 5. The molecule has 0 bridgehead atoms. The lowest BCUT2D eigenvalue weighted by atomic mass is 9.78. The normalized spacial score (nSPS) is 14.8. The smallest absolute Gasteiger partial charge is 0.414 e. The van der Waals surface area contributed by atoms with Crippen molar-refractivity contribution in [3.05, 3.63) is 124 Å². The summed E-state index contributed by atoms with van der Waals surface area (Å²) in [5, 5.41) is 26.9. The molecule has 10 N–H and O–H groups in total. The molecule has 1 aliphatic heterocycles. The number of fused-ring (bicyclic) bond motifs is 1. The van der Waals surface area contributed by atoms with Crippen molar-refractivity contribution in [2.45, 2.75) is 64.4 Å². The fourth-order valence-electron chi connectivity index (χ4n) is 7.95. The van der Waals surface area contributed by atoms with E-state index in [0.717, 1.165) is 35.5 Å². The number of nitrogens with one attached hydrogen (secondary N) is 6. The van der Waals surface area contributed by atoms with Gasteiger partial charge >= 0.3 is 18.2 Å². The summed E-state index contributed by atoms with van der Waals surface area (Å²) in [6.45, 7) is 2.52. The highest BCUT2D eigenvalue weighted by atomic mass is 19.2. The van der Waals surface area contributed by atoms with Gasteiger partial charge in [0.25, 0.3) is 0 Å². The van der Waals surface area contributed by atoms with Gasteiger partial charge in [0.15, 0.2) is 11.6 Å². The number of anilines is 2. The maximum Gasteiger partial charge on any atom is 0.414 e. The van der Waals surface area contributed by atoms with Crippen molar-refractivity contribution in [3.8, 4) is 5.75 Å². The molecule has 5 rings (SSSR count). The fourth-order valence-corrected chi connectivity index (χ4v) is 7.95. The first-order valence-corrected chi connectivity index (χ1v) is 25.2. The van der Waals surface area contributed by atoms with E-state index >= 15 is 4.39 Å². The third-order valence-electron chi connectivity index (χ3n) is 12.1. The number of hydrogen-bond donors (Lipinski definition) is 8. The summed E-state index contributed by atoms with van der Waals surface area (Å²) in [6, 6.07) is 8.35. The number of esters is 1. The number of rotatable bonds is 27. The molecule has 0 spiro atoms. The molecule has 7 amide bonds. The molecule has 4 aromatic carbocycles. The minimum atomic E-state index is -1.87. The average Bonchev–Trinajstić information content (AvgIpc) is 2.90. The molecule has 1 heterocycles. The summed E-state index contributed by atoms with van der Waals surface area (Å²) in [7, 11) is 1.54. The summed E-state index contributed by atoms with van der Waals surface area (Å²) < 4.78 is 109. The molecule has 83 heavy (non-hydrogen) atoms. The molecule has 30 heteroatoms. The molecular weight excluding hydrogens is 1110 g/mol. The largest absolute Gasteiger partial charge is 0.447 e. The Morgan fingerprint density at radius 1 is 0.735 bits per heavy atom. The number of carbonyl (C=O) groups excluding carboxylic acids is 8. The van der Waals surface area contributed by atoms with Crippen LogP contribution in [0.4, 0.5) is 47.3 Å². The van der Waals surface area contributed by atoms with Crippen LogP contribution < -0.4 is 47.7 Å². The van der Waals surface area contributed by atoms with E-state index in [-0.39, 0.29) is 81.1 Å². The minimum Gasteiger partial charge on any atom is -0.447 e. The molecular formula is C53H59F6N11O13. The fraction of sp³-hybridized carbons (Fsp3) is 0.358. The first kappa shape index (κ1) is 64.5. The van der Waals surface area contributed by atoms with Gasteiger partial charge in [-0.2, -0.15) is 13.9 Å². The Bertz CT molecular complexity index is 3040. The molecule has 0 radical (unpaired) electrons. The number of benzene rings is 4. The molecule has 0 saturated carbocycles. The van der Waals surface area contributed by atoms with Crippen molar-refractivity contribution in [1.82, 2.24) is 26.3 Å². The van der Waals surface area contributed by atoms with Crippen molar-refractivity contribution >= 4 is 71.1 Å². The summed E-state index contributed by atoms with van der Waals surface area (Å²) in [6.07, 6.45) is -1.71. The van der Waals surface area contributed by atoms with Gasteiger partial charge in [0, 0.05) is 49.0 Å². The Morgan fingerprint density at radius 3 is 1.93 bits per heavy atom. The predicted octanol–water partition coefficient (Wildman–Crippen LogP) is 3.93. The summed E-state index contributed by atoms with van der Waals surface area (Å²) >= 11 is 0. The van der Waals surface area contributed by atoms with E-state index in [1.165, 1.54) is 69.2 Å². The third-order valence-corrected chi connectivity index (χ3v) is 12.1. The molecule has 1 aliphatic rings. The van der Waals surface area contributed by atoms with E-state index in [9.17, 15) is 65.7 Å². The minimum absolute atomic E-state index is 0.0378. The van der Waals surface area contributed by atoms with Crippen molar-refractivity contribution < 1.29 is 88.4 Å². The van der Waals surface area contributed by atoms with Crippen molar-refractivity contribution in [2.24, 2.45) is 22.5 Å². The first-order chi connectivity index (χ1) is 39.4. The van der Waals surface area contributed by atoms with Gasteiger partial charge in [0.1, 0.15) is 49.3 Å². The Kier molecular flexibility index (Phi) is 23.7. The molecule has 0 aliphatic carbocycles. The Hall–Kier alpha value is -9.32. The third kappa shape index (κ3) is 18.3. The molecule has 0 aromatic heterocycles. The van der Waals surface area contributed by atoms with Gasteiger partial charge in [-0.05, 0) is 68.3 Å². The lowest BCUT2D eigenvalue weighted by Gasteiger charge is -2.43. The lowest BCUT2D eigenvalue weighted by Crippen LogP contribution is -2.54. The number of halogens is 6. The maximum atomic E-state index is 15.1. The van der Waals surface area contributed by atoms with Crippen LogP contribution in [0.3, 0.4) is 0 Å². The highest BCUT2D eigenvalue weighted by molar-refractivity contribution is 6.17. The highest BCUT2D eigenvalue weighted by Gasteiger charge is 2.45. The van der Waals surface area contributed by atoms with Crippen LogP contribution in [-0.2, 0) is 49.5 Å². The number of primary amides is 1. The van der Waals surface area contributed by atoms with Gasteiger partial charge in [-0.1, -0.05) is 24.3 Å². The lowest BCUT2D eigenvalue weighted by molar-refractivity contribution is -0.136. The number of amides is 7. The van der Waals surface area contributed by atoms with Crippen LogP contribution >= 0.6 is 0 Å². The zero-order valence-electron chi connectivity index (χ0n) is 45.0. The molecule has 24 nitrogen and oxygen atoms in total. The van der Waals surface area contributed by atoms with Gasteiger partial charge < -0.3 is 67.1 Å². The monoisotopic (exact) mass is 1170 g/mol. The van der Waals surface area contributed by atoms with Gasteiger partial charge in [-0.25, -0.2) is 27.2 Å². The first-order valence-electron chi connectivity index (χ1n) is 25.2. The number of carbonyl (C=O) groups is 8. The average molecular weight is 1170 g/mol. The molecule has 0 fully saturated rings. The Morgan fingerprint density at radius 2 is 1.33 bits per heavy atom. The van der Waals surface area contributed by atoms with E-state index in [4.69, 9.17) is 30.4 Å². The van der Waals surface area contributed by atoms with E-state index in [1.54, 1.807) is 0 Å². The van der Waals surface area contributed by atoms with E-state index < -0.39 is 131 Å². The van der Waals surface area contributed by atoms with Crippen LogP contribution in [0.1, 0.15) is 66.7 Å². The van der Waals surface area contributed by atoms with Crippen LogP contribution in [0, 0.1) is 46.2 Å². The van der Waals surface area contributed by atoms with Crippen LogP contribution in [0.25, 0.3) is 0 Å². The van der Waals surface area contributed by atoms with Crippen molar-refractivity contribution in [3.63, 3.8) is 0 Å². The molecule has 0 saturated heterocycles. The Balaban J connectivity index is 0.994. The molecule has 4 aromatic rings. The summed E-state index contributed by atoms with van der Waals surface area (Å²) in [4.78, 5) is 103. The Labute approximate surface area is 470 Å². The van der Waals surface area contributed by atoms with E-state index in [1.807, 2.05) is 0 Å². The topological polar surface area (TPSA) is 338 Å². The van der Waals surface area contributed by atoms with Crippen LogP contribution in [-0.4, -0.2) is 136 Å². The number of nitrogens with zero attached hydrogens (tertiary/aromatic N) is 3. The summed E-state index contributed by atoms with van der Waals surface area (Å²) in [5.74, 6) is -16.3. The maximum absolute atomic E-state index is 15.1. The van der Waals surface area contributed by atoms with Gasteiger partial charge in [-0.3, -0.25) is 38.7 Å². The zero-order chi connectivity index (χ0) is 61.1. The quantitative estimate of drug-likeness (QED) is 0.00613. The highest BCUT2D eigenvalue weighted by Crippen LogP contribution is 2.44. The standard InChI is InChI=1S/C53H59F6N11O13/c1-27(65-40(71)13-16-79-19-20-80-17-14-41(72)83-47-43(58)37(56)23-38(57)44(47)59)49(74)66-28(2)50(75)67-29(3)51(76)68-34-11-5-30(6-12-34)25-82-52(77)63-15-18-81-53(78)70-39-22-33(55)21-35(48(62)73)42(39)45(61)36(24-69(4)64-26-60)46(70)31-7-9-32(54)10-8-31/h5-12,21-23,26-29,36,46,61H,13-20,24-25H2,1-4H3,(H2,60,64)(H2,62,73)(H,63,77)(H,65,71)(H,66,74)(H,67,75)(H,68,76)/t27-,28?,29-,36-,46+/m0/s1. The van der Waals surface area contributed by atoms with Crippen LogP contribution in [0.2, 0.25) is 0 Å². The SMILES string of the molecule is CC(NC(=O)[C@H](C)NC(=O)CCOCCOCCC(=O)Oc1c(F)c(F)cc(F)c1F)C(=O)N[C@@H](C)C(=O)Nc1ccc(COC(=O)NCCOC(=O)N2c3cc(F)cc(C(N)=O)c3C(=N)[C@H](CN(C)/N=C\N)[C@H]2c2ccc(F)cc2)cc1. The number of hydrazone groups is 1.